The fraction of sp³-hybridized carbons (Fsp3) is 0.933. The molecule has 8 heteroatoms. The highest BCUT2D eigenvalue weighted by molar-refractivity contribution is 5.81. The minimum Gasteiger partial charge on any atom is -0.355 e. The molecule has 2 heterocycles. The second-order valence-electron chi connectivity index (χ2n) is 19.5. The van der Waals surface area contributed by atoms with Gasteiger partial charge in [0.15, 0.2) is 0 Å². The van der Waals surface area contributed by atoms with Crippen molar-refractivity contribution in [2.75, 3.05) is 32.7 Å². The molecule has 0 aromatic rings. The normalized spacial score (nSPS) is 23.7. The molecule has 2 saturated carbocycles. The molecule has 4 fully saturated rings. The number of rotatable bonds is 12. The highest BCUT2D eigenvalue weighted by atomic mass is 16.1. The third-order valence-electron chi connectivity index (χ3n) is 12.0. The summed E-state index contributed by atoms with van der Waals surface area (Å²) in [6.07, 6.45) is 9.89. The van der Waals surface area contributed by atoms with Crippen LogP contribution < -0.4 is 5.32 Å². The van der Waals surface area contributed by atoms with E-state index in [0.717, 1.165) is 70.6 Å². The second-order valence-corrected chi connectivity index (χ2v) is 19.5. The molecule has 3 atom stereocenters. The lowest BCUT2D eigenvalue weighted by molar-refractivity contribution is -0.123. The van der Waals surface area contributed by atoms with Gasteiger partial charge in [0.2, 0.25) is 5.91 Å². The number of likely N-dealkylation sites (tertiary alicyclic amines) is 1. The zero-order valence-corrected chi connectivity index (χ0v) is 37.9. The van der Waals surface area contributed by atoms with E-state index < -0.39 is 0 Å². The third-order valence-corrected chi connectivity index (χ3v) is 12.0. The smallest absolute Gasteiger partial charge is 0.220 e. The van der Waals surface area contributed by atoms with Gasteiger partial charge in [0.1, 0.15) is 11.6 Å². The van der Waals surface area contributed by atoms with E-state index in [-0.39, 0.29) is 5.91 Å². The summed E-state index contributed by atoms with van der Waals surface area (Å²) in [7, 11) is 0. The lowest BCUT2D eigenvalue weighted by atomic mass is 9.82. The van der Waals surface area contributed by atoms with Crippen LogP contribution in [0.15, 0.2) is 0 Å². The van der Waals surface area contributed by atoms with Crippen molar-refractivity contribution in [3.8, 4) is 0 Å². The molecule has 2 aliphatic heterocycles. The monoisotopic (exact) mass is 748 g/mol. The zero-order valence-electron chi connectivity index (χ0n) is 37.9. The molecule has 0 bridgehead atoms. The molecule has 0 unspecified atom stereocenters. The van der Waals surface area contributed by atoms with Gasteiger partial charge in [0, 0.05) is 100 Å². The van der Waals surface area contributed by atoms with Crippen LogP contribution >= 0.6 is 0 Å². The van der Waals surface area contributed by atoms with Crippen LogP contribution in [0.5, 0.6) is 0 Å². The molecule has 0 aromatic carbocycles. The van der Waals surface area contributed by atoms with E-state index in [1.165, 1.54) is 25.9 Å². The zero-order chi connectivity index (χ0) is 40.6. The fourth-order valence-corrected chi connectivity index (χ4v) is 8.79. The van der Waals surface area contributed by atoms with E-state index in [9.17, 15) is 14.4 Å². The SMILES string of the molecule is CC(C)N(C(C)C)[C@H]1CCC(=O)NC1.CC(C)N(C[C@@H]1CCC(=O)C1)C(C)C.CC(C)N(C[C@H]1CCC(=O)C1)C(C)C.CC(C)N1CCC(C)(C)CC1. The highest BCUT2D eigenvalue weighted by Gasteiger charge is 2.29. The summed E-state index contributed by atoms with van der Waals surface area (Å²) in [6.45, 7) is 41.7. The molecule has 2 saturated heterocycles. The number of Topliss-reactive ketones (excluding diaryl/α,β-unsaturated/α-hetero) is 2. The standard InChI is InChI=1S/2C12H23NO.C11H22N2O.C10H21N/c2*1-9(2)13(10(3)4)8-11-5-6-12(14)7-11;1-8(2)13(9(3)4)10-5-6-11(14)12-7-10;1-9(2)11-7-5-10(3,4)6-8-11/h2*9-11H,5-8H2,1-4H3;8-10H,5-7H2,1-4H3,(H,12,14);9H,5-8H2,1-4H3/t2*11-;10-;/m100./s1. The Balaban J connectivity index is 0.000000355. The van der Waals surface area contributed by atoms with Crippen molar-refractivity contribution in [2.45, 2.75) is 223 Å². The Morgan fingerprint density at radius 3 is 1.26 bits per heavy atom. The summed E-state index contributed by atoms with van der Waals surface area (Å²) in [5.41, 5.74) is 0.603. The van der Waals surface area contributed by atoms with E-state index in [4.69, 9.17) is 0 Å². The summed E-state index contributed by atoms with van der Waals surface area (Å²) in [5, 5.41) is 2.94. The number of hydrogen-bond acceptors (Lipinski definition) is 7. The van der Waals surface area contributed by atoms with E-state index in [2.05, 4.69) is 136 Å². The second kappa shape index (κ2) is 24.3. The molecule has 0 aromatic heterocycles. The maximum absolute atomic E-state index is 11.2. The molecule has 0 radical (unpaired) electrons. The van der Waals surface area contributed by atoms with Crippen molar-refractivity contribution in [1.29, 1.82) is 0 Å². The van der Waals surface area contributed by atoms with Crippen LogP contribution in [0.2, 0.25) is 0 Å². The molecule has 4 rings (SSSR count). The van der Waals surface area contributed by atoms with Gasteiger partial charge < -0.3 is 10.2 Å². The first-order valence-corrected chi connectivity index (χ1v) is 21.9. The van der Waals surface area contributed by atoms with E-state index >= 15 is 0 Å². The molecule has 4 aliphatic rings. The molecule has 2 aliphatic carbocycles. The fourth-order valence-electron chi connectivity index (χ4n) is 8.79. The Bertz CT molecular complexity index is 962. The number of carbonyl (C=O) groups is 3. The molecular formula is C45H89N5O3. The van der Waals surface area contributed by atoms with Gasteiger partial charge in [0.25, 0.3) is 0 Å². The molecule has 0 spiro atoms. The van der Waals surface area contributed by atoms with Gasteiger partial charge in [-0.25, -0.2) is 0 Å². The predicted molar refractivity (Wildman–Crippen MR) is 227 cm³/mol. The van der Waals surface area contributed by atoms with Crippen LogP contribution in [0, 0.1) is 17.3 Å². The van der Waals surface area contributed by atoms with Crippen LogP contribution in [0.4, 0.5) is 0 Å². The lowest BCUT2D eigenvalue weighted by Gasteiger charge is -2.40. The van der Waals surface area contributed by atoms with Crippen LogP contribution in [0.3, 0.4) is 0 Å². The molecular weight excluding hydrogens is 659 g/mol. The number of piperidine rings is 2. The number of ketones is 2. The van der Waals surface area contributed by atoms with Gasteiger partial charge >= 0.3 is 0 Å². The first kappa shape index (κ1) is 49.7. The molecule has 8 nitrogen and oxygen atoms in total. The highest BCUT2D eigenvalue weighted by Crippen LogP contribution is 2.30. The largest absolute Gasteiger partial charge is 0.355 e. The van der Waals surface area contributed by atoms with Gasteiger partial charge in [0.05, 0.1) is 0 Å². The van der Waals surface area contributed by atoms with Gasteiger partial charge in [-0.3, -0.25) is 29.1 Å². The van der Waals surface area contributed by atoms with E-state index in [1.807, 2.05) is 0 Å². The Morgan fingerprint density at radius 2 is 1.00 bits per heavy atom. The van der Waals surface area contributed by atoms with Crippen LogP contribution in [-0.4, -0.2) is 118 Å². The summed E-state index contributed by atoms with van der Waals surface area (Å²) >= 11 is 0. The number of nitrogens with zero attached hydrogens (tertiary/aromatic N) is 4. The summed E-state index contributed by atoms with van der Waals surface area (Å²) in [5.74, 6) is 2.36. The van der Waals surface area contributed by atoms with Crippen molar-refractivity contribution in [3.63, 3.8) is 0 Å². The number of nitrogens with one attached hydrogen (secondary N) is 1. The minimum atomic E-state index is 0.203. The average Bonchev–Trinajstić information content (AvgIpc) is 3.66. The minimum absolute atomic E-state index is 0.203. The van der Waals surface area contributed by atoms with Crippen molar-refractivity contribution in [3.05, 3.63) is 0 Å². The van der Waals surface area contributed by atoms with Crippen molar-refractivity contribution in [1.82, 2.24) is 24.9 Å². The third kappa shape index (κ3) is 19.4. The van der Waals surface area contributed by atoms with Gasteiger partial charge in [-0.2, -0.15) is 0 Å². The quantitative estimate of drug-likeness (QED) is 0.214. The predicted octanol–water partition coefficient (Wildman–Crippen LogP) is 8.85. The first-order chi connectivity index (χ1) is 24.5. The average molecular weight is 748 g/mol. The Kier molecular flexibility index (Phi) is 22.8. The Morgan fingerprint density at radius 1 is 0.604 bits per heavy atom. The van der Waals surface area contributed by atoms with Crippen LogP contribution in [-0.2, 0) is 14.4 Å². The number of carbonyl (C=O) groups excluding carboxylic acids is 3. The van der Waals surface area contributed by atoms with Gasteiger partial charge in [-0.05, 0) is 159 Å². The van der Waals surface area contributed by atoms with Crippen molar-refractivity contribution in [2.24, 2.45) is 17.3 Å². The molecule has 1 amide bonds. The molecule has 312 valence electrons. The van der Waals surface area contributed by atoms with Crippen LogP contribution in [0.25, 0.3) is 0 Å². The topological polar surface area (TPSA) is 76.2 Å². The lowest BCUT2D eigenvalue weighted by Crippen LogP contribution is -2.53. The maximum Gasteiger partial charge on any atom is 0.220 e. The van der Waals surface area contributed by atoms with E-state index in [1.54, 1.807) is 0 Å². The Hall–Kier alpha value is -1.35. The first-order valence-electron chi connectivity index (χ1n) is 21.9. The summed E-state index contributed by atoms with van der Waals surface area (Å²) < 4.78 is 0. The van der Waals surface area contributed by atoms with Gasteiger partial charge in [-0.1, -0.05) is 13.8 Å². The van der Waals surface area contributed by atoms with Crippen LogP contribution in [0.1, 0.15) is 175 Å². The molecule has 1 N–H and O–H groups in total. The summed E-state index contributed by atoms with van der Waals surface area (Å²) in [4.78, 5) is 43.4. The molecule has 53 heavy (non-hydrogen) atoms. The maximum atomic E-state index is 11.2. The summed E-state index contributed by atoms with van der Waals surface area (Å²) in [6, 6.07) is 4.72. The Labute approximate surface area is 329 Å². The van der Waals surface area contributed by atoms with E-state index in [0.29, 0.717) is 77.5 Å². The van der Waals surface area contributed by atoms with Gasteiger partial charge in [-0.15, -0.1) is 0 Å². The number of hydrogen-bond donors (Lipinski definition) is 1. The van der Waals surface area contributed by atoms with Crippen molar-refractivity contribution < 1.29 is 14.4 Å². The van der Waals surface area contributed by atoms with Crippen molar-refractivity contribution >= 4 is 17.5 Å². The number of amides is 1.